The van der Waals surface area contributed by atoms with Gasteiger partial charge in [0.1, 0.15) is 0 Å². The summed E-state index contributed by atoms with van der Waals surface area (Å²) in [6.07, 6.45) is 9.36. The van der Waals surface area contributed by atoms with Crippen LogP contribution in [0, 0.1) is 11.8 Å². The van der Waals surface area contributed by atoms with E-state index in [0.29, 0.717) is 17.7 Å². The second-order valence-corrected chi connectivity index (χ2v) is 9.02. The summed E-state index contributed by atoms with van der Waals surface area (Å²) in [6, 6.07) is 0.536. The first kappa shape index (κ1) is 17.5. The summed E-state index contributed by atoms with van der Waals surface area (Å²) < 4.78 is 26.4. The monoisotopic (exact) mass is 336 g/mol. The van der Waals surface area contributed by atoms with Crippen LogP contribution < -0.4 is 5.32 Å². The van der Waals surface area contributed by atoms with E-state index in [1.807, 2.05) is 0 Å². The maximum atomic E-state index is 12.3. The molecule has 1 heterocycles. The van der Waals surface area contributed by atoms with Crippen molar-refractivity contribution in [3.05, 3.63) is 0 Å². The molecule has 2 aliphatic carbocycles. The zero-order valence-electron chi connectivity index (χ0n) is 12.8. The number of hydrogen-bond acceptors (Lipinski definition) is 3. The van der Waals surface area contributed by atoms with Crippen molar-refractivity contribution in [2.75, 3.05) is 25.4 Å². The van der Waals surface area contributed by atoms with Gasteiger partial charge < -0.3 is 5.32 Å². The summed E-state index contributed by atoms with van der Waals surface area (Å²) in [5.41, 5.74) is 0. The number of hydrogen-bond donors (Lipinski definition) is 1. The lowest BCUT2D eigenvalue weighted by Crippen LogP contribution is -2.46. The minimum Gasteiger partial charge on any atom is -0.314 e. The van der Waals surface area contributed by atoms with Crippen LogP contribution in [0.15, 0.2) is 0 Å². The molecule has 4 nitrogen and oxygen atoms in total. The first-order valence-corrected chi connectivity index (χ1v) is 9.95. The molecule has 0 bridgehead atoms. The third kappa shape index (κ3) is 5.08. The standard InChI is InChI=1S/C15H28N2O2S.ClH/c18-20(19,11-8-13-2-1-3-13)17-9-6-15(7-10-17)16-12-14-4-5-14;/h13-16H,1-12H2;1H. The van der Waals surface area contributed by atoms with Gasteiger partial charge in [-0.15, -0.1) is 12.4 Å². The van der Waals surface area contributed by atoms with E-state index in [4.69, 9.17) is 0 Å². The molecule has 0 spiro atoms. The van der Waals surface area contributed by atoms with E-state index in [0.717, 1.165) is 44.8 Å². The molecule has 3 rings (SSSR count). The van der Waals surface area contributed by atoms with Gasteiger partial charge in [0.15, 0.2) is 0 Å². The van der Waals surface area contributed by atoms with Gasteiger partial charge in [-0.2, -0.15) is 0 Å². The predicted octanol–water partition coefficient (Wildman–Crippen LogP) is 2.39. The molecule has 0 amide bonds. The number of halogens is 1. The Morgan fingerprint density at radius 3 is 2.14 bits per heavy atom. The highest BCUT2D eigenvalue weighted by atomic mass is 35.5. The summed E-state index contributed by atoms with van der Waals surface area (Å²) in [4.78, 5) is 0. The lowest BCUT2D eigenvalue weighted by molar-refractivity contribution is 0.281. The lowest BCUT2D eigenvalue weighted by Gasteiger charge is -2.33. The van der Waals surface area contributed by atoms with Gasteiger partial charge in [-0.3, -0.25) is 0 Å². The maximum absolute atomic E-state index is 12.3. The third-order valence-corrected chi connectivity index (χ3v) is 7.15. The van der Waals surface area contributed by atoms with Gasteiger partial charge in [0.25, 0.3) is 0 Å². The molecule has 0 radical (unpaired) electrons. The zero-order valence-corrected chi connectivity index (χ0v) is 14.4. The Kier molecular flexibility index (Phi) is 6.36. The van der Waals surface area contributed by atoms with Gasteiger partial charge in [-0.1, -0.05) is 19.3 Å². The minimum atomic E-state index is -2.99. The predicted molar refractivity (Wildman–Crippen MR) is 88.3 cm³/mol. The maximum Gasteiger partial charge on any atom is 0.214 e. The van der Waals surface area contributed by atoms with Crippen molar-refractivity contribution < 1.29 is 8.42 Å². The van der Waals surface area contributed by atoms with Gasteiger partial charge >= 0.3 is 0 Å². The fourth-order valence-corrected chi connectivity index (χ4v) is 4.88. The van der Waals surface area contributed by atoms with Crippen LogP contribution in [0.5, 0.6) is 0 Å². The molecule has 0 aromatic rings. The molecule has 0 aromatic heterocycles. The zero-order chi connectivity index (χ0) is 14.0. The summed E-state index contributed by atoms with van der Waals surface area (Å²) >= 11 is 0. The molecule has 1 saturated heterocycles. The second-order valence-electron chi connectivity index (χ2n) is 6.93. The van der Waals surface area contributed by atoms with Crippen LogP contribution in [0.25, 0.3) is 0 Å². The molecule has 3 aliphatic rings. The molecule has 0 unspecified atom stereocenters. The topological polar surface area (TPSA) is 49.4 Å². The SMILES string of the molecule is Cl.O=S(=O)(CCC1CCC1)N1CCC(NCC2CC2)CC1. The Balaban J connectivity index is 0.00000161. The Hall–Kier alpha value is 0.160. The lowest BCUT2D eigenvalue weighted by atomic mass is 9.84. The Bertz CT molecular complexity index is 413. The van der Waals surface area contributed by atoms with Crippen LogP contribution in [-0.2, 0) is 10.0 Å². The molecule has 2 saturated carbocycles. The summed E-state index contributed by atoms with van der Waals surface area (Å²) in [7, 11) is -2.99. The number of nitrogens with zero attached hydrogens (tertiary/aromatic N) is 1. The molecule has 0 aromatic carbocycles. The number of piperidine rings is 1. The third-order valence-electron chi connectivity index (χ3n) is 5.25. The summed E-state index contributed by atoms with van der Waals surface area (Å²) in [5, 5.41) is 3.60. The van der Waals surface area contributed by atoms with Crippen molar-refractivity contribution >= 4 is 22.4 Å². The van der Waals surface area contributed by atoms with E-state index in [-0.39, 0.29) is 12.4 Å². The second kappa shape index (κ2) is 7.62. The molecule has 6 heteroatoms. The van der Waals surface area contributed by atoms with Crippen LogP contribution >= 0.6 is 12.4 Å². The molecule has 124 valence electrons. The van der Waals surface area contributed by atoms with Crippen molar-refractivity contribution in [2.24, 2.45) is 11.8 Å². The van der Waals surface area contributed by atoms with Gasteiger partial charge in [0, 0.05) is 19.1 Å². The van der Waals surface area contributed by atoms with Crippen molar-refractivity contribution in [1.29, 1.82) is 0 Å². The highest BCUT2D eigenvalue weighted by molar-refractivity contribution is 7.89. The Morgan fingerprint density at radius 2 is 1.62 bits per heavy atom. The van der Waals surface area contributed by atoms with Gasteiger partial charge in [0.2, 0.25) is 10.0 Å². The molecular formula is C15H29ClN2O2S. The fourth-order valence-electron chi connectivity index (χ4n) is 3.22. The van der Waals surface area contributed by atoms with E-state index in [9.17, 15) is 8.42 Å². The van der Waals surface area contributed by atoms with E-state index in [1.165, 1.54) is 32.1 Å². The van der Waals surface area contributed by atoms with Crippen LogP contribution in [-0.4, -0.2) is 44.2 Å². The van der Waals surface area contributed by atoms with E-state index < -0.39 is 10.0 Å². The highest BCUT2D eigenvalue weighted by Crippen LogP contribution is 2.30. The van der Waals surface area contributed by atoms with E-state index in [1.54, 1.807) is 4.31 Å². The summed E-state index contributed by atoms with van der Waals surface area (Å²) in [5.74, 6) is 1.96. The minimum absolute atomic E-state index is 0. The van der Waals surface area contributed by atoms with Crippen LogP contribution in [0.3, 0.4) is 0 Å². The van der Waals surface area contributed by atoms with Crippen molar-refractivity contribution in [3.8, 4) is 0 Å². The number of sulfonamides is 1. The first-order valence-electron chi connectivity index (χ1n) is 8.35. The largest absolute Gasteiger partial charge is 0.314 e. The number of nitrogens with one attached hydrogen (secondary N) is 1. The average molecular weight is 337 g/mol. The Morgan fingerprint density at radius 1 is 0.952 bits per heavy atom. The normalized spacial score (nSPS) is 25.3. The van der Waals surface area contributed by atoms with Gasteiger partial charge in [-0.25, -0.2) is 12.7 Å². The average Bonchev–Trinajstić information content (AvgIpc) is 3.19. The van der Waals surface area contributed by atoms with Crippen LogP contribution in [0.4, 0.5) is 0 Å². The quantitative estimate of drug-likeness (QED) is 0.776. The fraction of sp³-hybridized carbons (Fsp3) is 1.00. The van der Waals surface area contributed by atoms with Crippen molar-refractivity contribution in [2.45, 2.75) is 57.4 Å². The molecule has 3 fully saturated rings. The first-order chi connectivity index (χ1) is 9.63. The van der Waals surface area contributed by atoms with Gasteiger partial charge in [-0.05, 0) is 50.5 Å². The molecule has 21 heavy (non-hydrogen) atoms. The van der Waals surface area contributed by atoms with E-state index in [2.05, 4.69) is 5.32 Å². The van der Waals surface area contributed by atoms with Crippen molar-refractivity contribution in [1.82, 2.24) is 9.62 Å². The molecule has 1 N–H and O–H groups in total. The van der Waals surface area contributed by atoms with Crippen molar-refractivity contribution in [3.63, 3.8) is 0 Å². The van der Waals surface area contributed by atoms with Gasteiger partial charge in [0.05, 0.1) is 5.75 Å². The van der Waals surface area contributed by atoms with Crippen LogP contribution in [0.1, 0.15) is 51.4 Å². The number of rotatable bonds is 7. The highest BCUT2D eigenvalue weighted by Gasteiger charge is 2.30. The smallest absolute Gasteiger partial charge is 0.214 e. The van der Waals surface area contributed by atoms with E-state index >= 15 is 0 Å². The molecule has 0 atom stereocenters. The molecule has 1 aliphatic heterocycles. The summed E-state index contributed by atoms with van der Waals surface area (Å²) in [6.45, 7) is 2.57. The molecular weight excluding hydrogens is 308 g/mol. The Labute approximate surface area is 135 Å². The van der Waals surface area contributed by atoms with Crippen LogP contribution in [0.2, 0.25) is 0 Å².